The lowest BCUT2D eigenvalue weighted by molar-refractivity contribution is 0.0772. The molecule has 1 aliphatic heterocycles. The molecule has 37 heavy (non-hydrogen) atoms. The maximum atomic E-state index is 12.9. The van der Waals surface area contributed by atoms with Crippen LogP contribution < -0.4 is 5.32 Å². The highest BCUT2D eigenvalue weighted by Crippen LogP contribution is 2.32. The van der Waals surface area contributed by atoms with Gasteiger partial charge >= 0.3 is 6.09 Å². The molecule has 0 bridgehead atoms. The summed E-state index contributed by atoms with van der Waals surface area (Å²) in [6.07, 6.45) is -0.491. The van der Waals surface area contributed by atoms with E-state index in [4.69, 9.17) is 4.74 Å². The molecule has 1 saturated heterocycles. The summed E-state index contributed by atoms with van der Waals surface area (Å²) in [4.78, 5) is 32.9. The molecule has 0 radical (unpaired) electrons. The SMILES string of the molecule is CCN(CC)C(=O)c1ccc([C@H](c2cccc(NC(=O)OC)c2)N2CCN(Cc3cccs3)CC2)cc1. The molecule has 2 heterocycles. The number of carbonyl (C=O) groups excluding carboxylic acids is 2. The highest BCUT2D eigenvalue weighted by molar-refractivity contribution is 7.09. The van der Waals surface area contributed by atoms with Crippen LogP contribution in [0, 0.1) is 0 Å². The number of hydrogen-bond donors (Lipinski definition) is 1. The fraction of sp³-hybridized carbons (Fsp3) is 0.379. The molecular weight excluding hydrogens is 484 g/mol. The molecule has 196 valence electrons. The van der Waals surface area contributed by atoms with Crippen LogP contribution in [-0.2, 0) is 11.3 Å². The highest BCUT2D eigenvalue weighted by atomic mass is 32.1. The molecule has 4 rings (SSSR count). The molecule has 3 aromatic rings. The Hall–Kier alpha value is -3.20. The predicted octanol–water partition coefficient (Wildman–Crippen LogP) is 5.32. The Morgan fingerprint density at radius 2 is 1.70 bits per heavy atom. The molecule has 1 aromatic heterocycles. The van der Waals surface area contributed by atoms with E-state index in [0.29, 0.717) is 24.3 Å². The predicted molar refractivity (Wildman–Crippen MR) is 149 cm³/mol. The average Bonchev–Trinajstić information content (AvgIpc) is 3.44. The van der Waals surface area contributed by atoms with Gasteiger partial charge in [-0.2, -0.15) is 0 Å². The Kier molecular flexibility index (Phi) is 9.33. The molecule has 0 aliphatic carbocycles. The molecule has 1 N–H and O–H groups in total. The van der Waals surface area contributed by atoms with Crippen LogP contribution in [0.4, 0.5) is 10.5 Å². The van der Waals surface area contributed by atoms with Gasteiger partial charge in [-0.3, -0.25) is 19.9 Å². The van der Waals surface area contributed by atoms with Gasteiger partial charge in [0.2, 0.25) is 0 Å². The van der Waals surface area contributed by atoms with Crippen LogP contribution in [0.15, 0.2) is 66.0 Å². The summed E-state index contributed by atoms with van der Waals surface area (Å²) in [6, 6.07) is 20.2. The summed E-state index contributed by atoms with van der Waals surface area (Å²) in [5.74, 6) is 0.0552. The largest absolute Gasteiger partial charge is 0.453 e. The maximum Gasteiger partial charge on any atom is 0.411 e. The van der Waals surface area contributed by atoms with E-state index in [0.717, 1.165) is 43.9 Å². The fourth-order valence-electron chi connectivity index (χ4n) is 4.87. The summed E-state index contributed by atoms with van der Waals surface area (Å²) >= 11 is 1.80. The van der Waals surface area contributed by atoms with E-state index < -0.39 is 6.09 Å². The van der Waals surface area contributed by atoms with Crippen LogP contribution in [0.5, 0.6) is 0 Å². The number of rotatable bonds is 9. The zero-order valence-corrected chi connectivity index (χ0v) is 22.7. The van der Waals surface area contributed by atoms with Crippen LogP contribution >= 0.6 is 11.3 Å². The molecule has 1 atom stereocenters. The third kappa shape index (κ3) is 6.77. The highest BCUT2D eigenvalue weighted by Gasteiger charge is 2.27. The van der Waals surface area contributed by atoms with Crippen LogP contribution in [-0.4, -0.2) is 73.1 Å². The van der Waals surface area contributed by atoms with E-state index in [-0.39, 0.29) is 11.9 Å². The van der Waals surface area contributed by atoms with Gasteiger partial charge in [0, 0.05) is 61.9 Å². The van der Waals surface area contributed by atoms with Gasteiger partial charge in [-0.25, -0.2) is 4.79 Å². The number of amides is 2. The van der Waals surface area contributed by atoms with Gasteiger partial charge in [0.1, 0.15) is 0 Å². The normalized spacial score (nSPS) is 15.2. The maximum absolute atomic E-state index is 12.9. The monoisotopic (exact) mass is 520 g/mol. The quantitative estimate of drug-likeness (QED) is 0.414. The summed E-state index contributed by atoms with van der Waals surface area (Å²) in [7, 11) is 1.36. The number of benzene rings is 2. The third-order valence-electron chi connectivity index (χ3n) is 6.89. The number of methoxy groups -OCH3 is 1. The van der Waals surface area contributed by atoms with Crippen LogP contribution in [0.2, 0.25) is 0 Å². The van der Waals surface area contributed by atoms with Crippen molar-refractivity contribution in [3.05, 3.63) is 87.6 Å². The van der Waals surface area contributed by atoms with E-state index in [1.807, 2.05) is 49.1 Å². The second-order valence-electron chi connectivity index (χ2n) is 9.14. The average molecular weight is 521 g/mol. The van der Waals surface area contributed by atoms with Crippen molar-refractivity contribution >= 4 is 29.0 Å². The van der Waals surface area contributed by atoms with Crippen molar-refractivity contribution in [2.45, 2.75) is 26.4 Å². The van der Waals surface area contributed by atoms with Gasteiger partial charge in [0.25, 0.3) is 5.91 Å². The molecule has 2 aromatic carbocycles. The minimum absolute atomic E-state index is 0.000824. The lowest BCUT2D eigenvalue weighted by Crippen LogP contribution is -2.47. The molecule has 8 heteroatoms. The molecule has 0 unspecified atom stereocenters. The molecule has 1 aliphatic rings. The van der Waals surface area contributed by atoms with E-state index >= 15 is 0 Å². The van der Waals surface area contributed by atoms with Crippen molar-refractivity contribution in [2.24, 2.45) is 0 Å². The second kappa shape index (κ2) is 12.9. The standard InChI is InChI=1S/C29H36N4O3S/c1-4-32(5-2)28(34)23-13-11-22(12-14-23)27(24-8-6-9-25(20-24)30-29(35)36-3)33-17-15-31(16-18-33)21-26-10-7-19-37-26/h6-14,19-20,27H,4-5,15-18,21H2,1-3H3,(H,30,35)/t27-/m1/s1. The van der Waals surface area contributed by atoms with Gasteiger partial charge in [0.05, 0.1) is 13.2 Å². The Morgan fingerprint density at radius 3 is 2.32 bits per heavy atom. The van der Waals surface area contributed by atoms with Gasteiger partial charge in [-0.05, 0) is 60.7 Å². The molecule has 2 amide bonds. The smallest absolute Gasteiger partial charge is 0.411 e. The number of carbonyl (C=O) groups is 2. The van der Waals surface area contributed by atoms with Crippen molar-refractivity contribution < 1.29 is 14.3 Å². The number of nitrogens with one attached hydrogen (secondary N) is 1. The minimum Gasteiger partial charge on any atom is -0.453 e. The van der Waals surface area contributed by atoms with Crippen molar-refractivity contribution in [2.75, 3.05) is 51.7 Å². The van der Waals surface area contributed by atoms with Gasteiger partial charge in [-0.15, -0.1) is 11.3 Å². The van der Waals surface area contributed by atoms with E-state index in [9.17, 15) is 9.59 Å². The number of anilines is 1. The van der Waals surface area contributed by atoms with Crippen LogP contribution in [0.25, 0.3) is 0 Å². The summed E-state index contributed by atoms with van der Waals surface area (Å²) < 4.78 is 4.78. The Balaban J connectivity index is 1.58. The summed E-state index contributed by atoms with van der Waals surface area (Å²) in [5, 5.41) is 4.92. The summed E-state index contributed by atoms with van der Waals surface area (Å²) in [5.41, 5.74) is 3.61. The van der Waals surface area contributed by atoms with Gasteiger partial charge in [-0.1, -0.05) is 30.3 Å². The topological polar surface area (TPSA) is 65.1 Å². The first kappa shape index (κ1) is 26.9. The number of nitrogens with zero attached hydrogens (tertiary/aromatic N) is 3. The number of ether oxygens (including phenoxy) is 1. The Bertz CT molecular complexity index is 1150. The second-order valence-corrected chi connectivity index (χ2v) is 10.2. The van der Waals surface area contributed by atoms with Crippen molar-refractivity contribution in [1.82, 2.24) is 14.7 Å². The number of thiophene rings is 1. The van der Waals surface area contributed by atoms with Crippen molar-refractivity contribution in [3.63, 3.8) is 0 Å². The Morgan fingerprint density at radius 1 is 0.973 bits per heavy atom. The number of hydrogen-bond acceptors (Lipinski definition) is 6. The third-order valence-corrected chi connectivity index (χ3v) is 7.75. The van der Waals surface area contributed by atoms with E-state index in [2.05, 4.69) is 50.8 Å². The van der Waals surface area contributed by atoms with E-state index in [1.54, 1.807) is 11.3 Å². The Labute approximate surface area is 223 Å². The van der Waals surface area contributed by atoms with Gasteiger partial charge in [0.15, 0.2) is 0 Å². The van der Waals surface area contributed by atoms with E-state index in [1.165, 1.54) is 12.0 Å². The minimum atomic E-state index is -0.491. The number of piperazine rings is 1. The first-order valence-corrected chi connectivity index (χ1v) is 13.7. The first-order chi connectivity index (χ1) is 18.0. The molecular formula is C29H36N4O3S. The zero-order valence-electron chi connectivity index (χ0n) is 21.9. The zero-order chi connectivity index (χ0) is 26.2. The molecule has 0 saturated carbocycles. The lowest BCUT2D eigenvalue weighted by atomic mass is 9.95. The van der Waals surface area contributed by atoms with Crippen LogP contribution in [0.3, 0.4) is 0 Å². The molecule has 1 fully saturated rings. The van der Waals surface area contributed by atoms with Crippen LogP contribution in [0.1, 0.15) is 46.3 Å². The summed E-state index contributed by atoms with van der Waals surface area (Å²) in [6.45, 7) is 10.2. The van der Waals surface area contributed by atoms with Crippen molar-refractivity contribution in [3.8, 4) is 0 Å². The van der Waals surface area contributed by atoms with Crippen molar-refractivity contribution in [1.29, 1.82) is 0 Å². The van der Waals surface area contributed by atoms with Gasteiger partial charge < -0.3 is 9.64 Å². The fourth-order valence-corrected chi connectivity index (χ4v) is 5.62. The molecule has 7 nitrogen and oxygen atoms in total. The first-order valence-electron chi connectivity index (χ1n) is 12.8. The lowest BCUT2D eigenvalue weighted by Gasteiger charge is -2.39. The molecule has 0 spiro atoms.